The summed E-state index contributed by atoms with van der Waals surface area (Å²) in [6.07, 6.45) is 1.17. The zero-order valence-electron chi connectivity index (χ0n) is 18.7. The van der Waals surface area contributed by atoms with Gasteiger partial charge in [-0.3, -0.25) is 0 Å². The van der Waals surface area contributed by atoms with Crippen LogP contribution in [0.4, 0.5) is 5.69 Å². The third-order valence-corrected chi connectivity index (χ3v) is 4.06. The van der Waals surface area contributed by atoms with Gasteiger partial charge in [0.25, 0.3) is 0 Å². The average Bonchev–Trinajstić information content (AvgIpc) is 2.76. The number of hydrogen-bond donors (Lipinski definition) is 1. The Morgan fingerprint density at radius 2 is 1.78 bits per heavy atom. The number of anilines is 1. The fourth-order valence-electron chi connectivity index (χ4n) is 2.59. The van der Waals surface area contributed by atoms with Crippen LogP contribution in [0.2, 0.25) is 0 Å². The Hall–Kier alpha value is -3.99. The Labute approximate surface area is 187 Å². The number of esters is 2. The van der Waals surface area contributed by atoms with Crippen LogP contribution in [0.15, 0.2) is 54.2 Å². The molecule has 0 heterocycles. The van der Waals surface area contributed by atoms with Crippen LogP contribution >= 0.6 is 0 Å². The minimum Gasteiger partial charge on any atom is -0.493 e. The highest BCUT2D eigenvalue weighted by Crippen LogP contribution is 2.35. The molecule has 0 fully saturated rings. The van der Waals surface area contributed by atoms with Crippen molar-refractivity contribution in [1.29, 1.82) is 5.26 Å². The first kappa shape index (κ1) is 24.3. The van der Waals surface area contributed by atoms with Gasteiger partial charge in [-0.1, -0.05) is 30.3 Å². The van der Waals surface area contributed by atoms with Gasteiger partial charge in [0.1, 0.15) is 18.3 Å². The van der Waals surface area contributed by atoms with Crippen molar-refractivity contribution in [2.75, 3.05) is 19.5 Å². The van der Waals surface area contributed by atoms with Gasteiger partial charge >= 0.3 is 11.9 Å². The summed E-state index contributed by atoms with van der Waals surface area (Å²) in [6.45, 7) is 5.36. The number of hydrogen-bond acceptors (Lipinski definition) is 8. The van der Waals surface area contributed by atoms with Gasteiger partial charge in [0.15, 0.2) is 17.1 Å². The molecule has 0 aliphatic carbocycles. The second-order valence-electron chi connectivity index (χ2n) is 7.63. The number of carbonyl (C=O) groups is 2. The average molecular weight is 438 g/mol. The largest absolute Gasteiger partial charge is 0.493 e. The minimum atomic E-state index is -0.791. The maximum Gasteiger partial charge on any atom is 0.350 e. The molecule has 0 aliphatic heterocycles. The van der Waals surface area contributed by atoms with E-state index < -0.39 is 17.5 Å². The molecule has 0 saturated carbocycles. The summed E-state index contributed by atoms with van der Waals surface area (Å²) in [5.74, 6) is -0.745. The van der Waals surface area contributed by atoms with Crippen molar-refractivity contribution in [3.63, 3.8) is 0 Å². The summed E-state index contributed by atoms with van der Waals surface area (Å²) in [4.78, 5) is 24.5. The van der Waals surface area contributed by atoms with Gasteiger partial charge in [0, 0.05) is 18.3 Å². The molecule has 0 radical (unpaired) electrons. The second kappa shape index (κ2) is 10.9. The molecule has 8 heteroatoms. The minimum absolute atomic E-state index is 0.133. The number of nitriles is 1. The van der Waals surface area contributed by atoms with Crippen molar-refractivity contribution in [2.24, 2.45) is 0 Å². The van der Waals surface area contributed by atoms with Crippen LogP contribution < -0.4 is 14.8 Å². The van der Waals surface area contributed by atoms with Gasteiger partial charge in [-0.15, -0.1) is 0 Å². The van der Waals surface area contributed by atoms with Crippen LogP contribution in [0.5, 0.6) is 11.5 Å². The number of ether oxygens (including phenoxy) is 4. The van der Waals surface area contributed by atoms with Crippen molar-refractivity contribution < 1.29 is 28.5 Å². The Morgan fingerprint density at radius 3 is 2.34 bits per heavy atom. The van der Waals surface area contributed by atoms with E-state index in [0.29, 0.717) is 11.5 Å². The first-order chi connectivity index (χ1) is 15.2. The Bertz CT molecular complexity index is 1030. The van der Waals surface area contributed by atoms with E-state index in [2.05, 4.69) is 5.32 Å². The van der Waals surface area contributed by atoms with Crippen LogP contribution in [0, 0.1) is 11.3 Å². The molecule has 0 spiro atoms. The van der Waals surface area contributed by atoms with Gasteiger partial charge in [0.05, 0.1) is 25.5 Å². The monoisotopic (exact) mass is 438 g/mol. The number of benzene rings is 2. The molecule has 0 saturated heterocycles. The molecular formula is C24H26N2O6. The standard InChI is InChI=1S/C24H26N2O6/c1-24(2,3)32-22(27)17(13-25)14-26-19-12-21(31-15-16-9-7-6-8-10-16)20(29-4)11-18(19)23(28)30-5/h6-12,14,26H,15H2,1-5H3/b17-14-. The molecular weight excluding hydrogens is 412 g/mol. The van der Waals surface area contributed by atoms with Crippen molar-refractivity contribution in [1.82, 2.24) is 0 Å². The third kappa shape index (κ3) is 6.77. The fourth-order valence-corrected chi connectivity index (χ4v) is 2.59. The lowest BCUT2D eigenvalue weighted by Gasteiger charge is -2.19. The Morgan fingerprint density at radius 1 is 1.09 bits per heavy atom. The van der Waals surface area contributed by atoms with E-state index in [1.807, 2.05) is 30.3 Å². The molecule has 1 N–H and O–H groups in total. The van der Waals surface area contributed by atoms with E-state index >= 15 is 0 Å². The van der Waals surface area contributed by atoms with Crippen LogP contribution in [0.1, 0.15) is 36.7 Å². The normalized spacial score (nSPS) is 11.2. The zero-order valence-corrected chi connectivity index (χ0v) is 18.7. The lowest BCUT2D eigenvalue weighted by molar-refractivity contribution is -0.149. The maximum absolute atomic E-state index is 12.3. The summed E-state index contributed by atoms with van der Waals surface area (Å²) in [5, 5.41) is 12.2. The number of nitrogens with zero attached hydrogens (tertiary/aromatic N) is 1. The van der Waals surface area contributed by atoms with Crippen molar-refractivity contribution in [3.8, 4) is 17.6 Å². The third-order valence-electron chi connectivity index (χ3n) is 4.06. The molecule has 0 amide bonds. The lowest BCUT2D eigenvalue weighted by atomic mass is 10.1. The zero-order chi connectivity index (χ0) is 23.7. The number of rotatable bonds is 8. The van der Waals surface area contributed by atoms with Gasteiger partial charge in [-0.05, 0) is 26.3 Å². The maximum atomic E-state index is 12.3. The highest BCUT2D eigenvalue weighted by molar-refractivity contribution is 5.98. The molecule has 0 aromatic heterocycles. The van der Waals surface area contributed by atoms with Crippen LogP contribution in [-0.2, 0) is 20.9 Å². The number of carbonyl (C=O) groups excluding carboxylic acids is 2. The summed E-state index contributed by atoms with van der Waals surface area (Å²) in [7, 11) is 2.70. The Kier molecular flexibility index (Phi) is 8.24. The summed E-state index contributed by atoms with van der Waals surface area (Å²) >= 11 is 0. The van der Waals surface area contributed by atoms with Crippen molar-refractivity contribution in [2.45, 2.75) is 33.0 Å². The summed E-state index contributed by atoms with van der Waals surface area (Å²) < 4.78 is 21.3. The topological polar surface area (TPSA) is 107 Å². The van der Waals surface area contributed by atoms with Gasteiger partial charge in [-0.25, -0.2) is 9.59 Å². The van der Waals surface area contributed by atoms with Gasteiger partial charge in [0.2, 0.25) is 0 Å². The van der Waals surface area contributed by atoms with Crippen molar-refractivity contribution in [3.05, 3.63) is 65.4 Å². The predicted octanol–water partition coefficient (Wildman–Crippen LogP) is 4.22. The Balaban J connectivity index is 2.38. The molecule has 8 nitrogen and oxygen atoms in total. The highest BCUT2D eigenvalue weighted by Gasteiger charge is 2.21. The molecule has 0 aliphatic rings. The van der Waals surface area contributed by atoms with Crippen molar-refractivity contribution >= 4 is 17.6 Å². The molecule has 168 valence electrons. The van der Waals surface area contributed by atoms with E-state index in [1.165, 1.54) is 32.6 Å². The molecule has 2 aromatic rings. The summed E-state index contributed by atoms with van der Waals surface area (Å²) in [5.41, 5.74) is 0.310. The first-order valence-corrected chi connectivity index (χ1v) is 9.75. The molecule has 0 unspecified atom stereocenters. The van der Waals surface area contributed by atoms with Gasteiger partial charge < -0.3 is 24.3 Å². The number of nitrogens with one attached hydrogen (secondary N) is 1. The first-order valence-electron chi connectivity index (χ1n) is 9.75. The van der Waals surface area contributed by atoms with Crippen LogP contribution in [0.3, 0.4) is 0 Å². The molecule has 32 heavy (non-hydrogen) atoms. The quantitative estimate of drug-likeness (QED) is 0.371. The van der Waals surface area contributed by atoms with E-state index in [0.717, 1.165) is 5.56 Å². The van der Waals surface area contributed by atoms with E-state index in [-0.39, 0.29) is 23.4 Å². The van der Waals surface area contributed by atoms with E-state index in [1.54, 1.807) is 26.8 Å². The van der Waals surface area contributed by atoms with E-state index in [9.17, 15) is 14.9 Å². The summed E-state index contributed by atoms with van der Waals surface area (Å²) in [6, 6.07) is 14.3. The van der Waals surface area contributed by atoms with Gasteiger partial charge in [-0.2, -0.15) is 5.26 Å². The number of methoxy groups -OCH3 is 2. The molecule has 2 aromatic carbocycles. The van der Waals surface area contributed by atoms with Crippen LogP contribution in [0.25, 0.3) is 0 Å². The highest BCUT2D eigenvalue weighted by atomic mass is 16.6. The second-order valence-corrected chi connectivity index (χ2v) is 7.63. The van der Waals surface area contributed by atoms with Crippen LogP contribution in [-0.4, -0.2) is 31.8 Å². The molecule has 2 rings (SSSR count). The van der Waals surface area contributed by atoms with E-state index in [4.69, 9.17) is 18.9 Å². The smallest absolute Gasteiger partial charge is 0.350 e. The fraction of sp³-hybridized carbons (Fsp3) is 0.292. The molecule has 0 bridgehead atoms. The SMILES string of the molecule is COC(=O)c1cc(OC)c(OCc2ccccc2)cc1N/C=C(/C#N)C(=O)OC(C)(C)C. The predicted molar refractivity (Wildman–Crippen MR) is 118 cm³/mol. The molecule has 0 atom stereocenters. The lowest BCUT2D eigenvalue weighted by Crippen LogP contribution is -2.24.